The monoisotopic (exact) mass is 253 g/mol. The topological polar surface area (TPSA) is 21.3 Å². The fraction of sp³-hybridized carbons (Fsp3) is 0.714. The second-order valence-corrected chi connectivity index (χ2v) is 6.52. The number of ether oxygens (including phenoxy) is 1. The molecule has 0 saturated carbocycles. The van der Waals surface area contributed by atoms with Crippen LogP contribution in [0.3, 0.4) is 0 Å². The molecule has 2 rings (SSSR count). The molecule has 3 heteroatoms. The van der Waals surface area contributed by atoms with Crippen LogP contribution in [0, 0.1) is 12.8 Å². The predicted octanol–water partition coefficient (Wildman–Crippen LogP) is 3.52. The van der Waals surface area contributed by atoms with Crippen molar-refractivity contribution in [3.05, 3.63) is 21.9 Å². The smallest absolute Gasteiger partial charge is 0.0956 e. The second-order valence-electron chi connectivity index (χ2n) is 5.21. The summed E-state index contributed by atoms with van der Waals surface area (Å²) in [5, 5.41) is 3.55. The van der Waals surface area contributed by atoms with Crippen LogP contribution in [0.4, 0.5) is 0 Å². The number of aryl methyl sites for hydroxylation is 1. The Bertz CT molecular complexity index is 348. The van der Waals surface area contributed by atoms with E-state index in [0.29, 0.717) is 18.1 Å². The van der Waals surface area contributed by atoms with Gasteiger partial charge in [0.05, 0.1) is 6.10 Å². The maximum atomic E-state index is 5.99. The van der Waals surface area contributed by atoms with Gasteiger partial charge in [0.25, 0.3) is 0 Å². The van der Waals surface area contributed by atoms with Crippen LogP contribution in [0.2, 0.25) is 0 Å². The number of hydrogen-bond donors (Lipinski definition) is 1. The Morgan fingerprint density at radius 1 is 1.47 bits per heavy atom. The molecule has 0 aromatic carbocycles. The lowest BCUT2D eigenvalue weighted by molar-refractivity contribution is -0.0260. The summed E-state index contributed by atoms with van der Waals surface area (Å²) in [6.07, 6.45) is 2.79. The molecule has 96 valence electrons. The molecule has 17 heavy (non-hydrogen) atoms. The van der Waals surface area contributed by atoms with E-state index in [9.17, 15) is 0 Å². The van der Waals surface area contributed by atoms with E-state index in [1.165, 1.54) is 22.6 Å². The fourth-order valence-electron chi connectivity index (χ4n) is 2.36. The molecular formula is C14H23NOS. The maximum absolute atomic E-state index is 5.99. The van der Waals surface area contributed by atoms with E-state index < -0.39 is 0 Å². The Morgan fingerprint density at radius 3 is 2.94 bits per heavy atom. The first kappa shape index (κ1) is 13.1. The first-order chi connectivity index (χ1) is 8.16. The van der Waals surface area contributed by atoms with Gasteiger partial charge in [0.2, 0.25) is 0 Å². The van der Waals surface area contributed by atoms with Gasteiger partial charge < -0.3 is 10.1 Å². The molecule has 0 bridgehead atoms. The van der Waals surface area contributed by atoms with Crippen molar-refractivity contribution in [1.82, 2.24) is 5.32 Å². The Morgan fingerprint density at radius 2 is 2.29 bits per heavy atom. The lowest BCUT2D eigenvalue weighted by atomic mass is 9.93. The van der Waals surface area contributed by atoms with Gasteiger partial charge in [0.15, 0.2) is 0 Å². The maximum Gasteiger partial charge on any atom is 0.0956 e. The minimum Gasteiger partial charge on any atom is -0.372 e. The van der Waals surface area contributed by atoms with Crippen molar-refractivity contribution in [3.63, 3.8) is 0 Å². The average Bonchev–Trinajstić information content (AvgIpc) is 2.73. The van der Waals surface area contributed by atoms with Gasteiger partial charge in [0.1, 0.15) is 0 Å². The molecule has 1 aromatic rings. The summed E-state index contributed by atoms with van der Waals surface area (Å²) in [6, 6.07) is 4.99. The highest BCUT2D eigenvalue weighted by Crippen LogP contribution is 2.36. The van der Waals surface area contributed by atoms with Crippen molar-refractivity contribution in [1.29, 1.82) is 0 Å². The van der Waals surface area contributed by atoms with Crippen LogP contribution in [0.15, 0.2) is 12.1 Å². The average molecular weight is 253 g/mol. The third kappa shape index (κ3) is 3.54. The number of hydrogen-bond acceptors (Lipinski definition) is 3. The van der Waals surface area contributed by atoms with Crippen molar-refractivity contribution >= 4 is 11.3 Å². The minimum absolute atomic E-state index is 0.314. The first-order valence-corrected chi connectivity index (χ1v) is 7.40. The molecule has 1 N–H and O–H groups in total. The predicted molar refractivity (Wildman–Crippen MR) is 73.6 cm³/mol. The van der Waals surface area contributed by atoms with Crippen LogP contribution in [-0.4, -0.2) is 19.2 Å². The van der Waals surface area contributed by atoms with Gasteiger partial charge in [-0.2, -0.15) is 0 Å². The Labute approximate surface area is 108 Å². The van der Waals surface area contributed by atoms with E-state index in [0.717, 1.165) is 13.2 Å². The van der Waals surface area contributed by atoms with E-state index in [4.69, 9.17) is 4.74 Å². The number of rotatable bonds is 4. The van der Waals surface area contributed by atoms with Crippen LogP contribution >= 0.6 is 11.3 Å². The quantitative estimate of drug-likeness (QED) is 0.886. The highest BCUT2D eigenvalue weighted by atomic mass is 32.1. The van der Waals surface area contributed by atoms with Crippen molar-refractivity contribution in [2.75, 3.05) is 13.2 Å². The number of nitrogens with one attached hydrogen (secondary N) is 1. The van der Waals surface area contributed by atoms with Gasteiger partial charge in [0, 0.05) is 34.9 Å². The summed E-state index contributed by atoms with van der Waals surface area (Å²) in [6.45, 7) is 8.55. The van der Waals surface area contributed by atoms with Crippen molar-refractivity contribution in [2.45, 2.75) is 45.8 Å². The molecule has 1 aromatic heterocycles. The van der Waals surface area contributed by atoms with Gasteiger partial charge in [-0.15, -0.1) is 11.3 Å². The zero-order valence-electron chi connectivity index (χ0n) is 11.0. The van der Waals surface area contributed by atoms with Crippen molar-refractivity contribution in [2.24, 2.45) is 5.92 Å². The molecule has 1 aliphatic heterocycles. The lowest BCUT2D eigenvalue weighted by Crippen LogP contribution is -2.34. The van der Waals surface area contributed by atoms with E-state index >= 15 is 0 Å². The lowest BCUT2D eigenvalue weighted by Gasteiger charge is -2.32. The molecular weight excluding hydrogens is 230 g/mol. The number of thiophene rings is 1. The molecule has 2 heterocycles. The molecule has 1 aliphatic rings. The minimum atomic E-state index is 0.314. The van der Waals surface area contributed by atoms with Gasteiger partial charge in [-0.1, -0.05) is 13.8 Å². The Hall–Kier alpha value is -0.380. The van der Waals surface area contributed by atoms with Gasteiger partial charge in [-0.25, -0.2) is 0 Å². The summed E-state index contributed by atoms with van der Waals surface area (Å²) >= 11 is 1.88. The molecule has 1 fully saturated rings. The van der Waals surface area contributed by atoms with Crippen LogP contribution in [-0.2, 0) is 4.74 Å². The summed E-state index contributed by atoms with van der Waals surface area (Å²) in [4.78, 5) is 2.78. The van der Waals surface area contributed by atoms with E-state index in [1.54, 1.807) is 0 Å². The van der Waals surface area contributed by atoms with Crippen molar-refractivity contribution < 1.29 is 4.74 Å². The van der Waals surface area contributed by atoms with E-state index in [2.05, 4.69) is 38.2 Å². The molecule has 2 unspecified atom stereocenters. The van der Waals surface area contributed by atoms with Crippen LogP contribution in [0.25, 0.3) is 0 Å². The third-order valence-corrected chi connectivity index (χ3v) is 4.34. The SMILES string of the molecule is Cc1ccc(C2OCCCC2CNC(C)C)s1. The Balaban J connectivity index is 2.01. The zero-order chi connectivity index (χ0) is 12.3. The summed E-state index contributed by atoms with van der Waals surface area (Å²) in [7, 11) is 0. The molecule has 2 atom stereocenters. The van der Waals surface area contributed by atoms with Gasteiger partial charge >= 0.3 is 0 Å². The molecule has 1 saturated heterocycles. The molecule has 0 amide bonds. The molecule has 2 nitrogen and oxygen atoms in total. The normalized spacial score (nSPS) is 25.4. The van der Waals surface area contributed by atoms with E-state index in [1.807, 2.05) is 11.3 Å². The molecule has 0 radical (unpaired) electrons. The summed E-state index contributed by atoms with van der Waals surface area (Å²) < 4.78 is 5.99. The van der Waals surface area contributed by atoms with Crippen LogP contribution in [0.1, 0.15) is 42.5 Å². The summed E-state index contributed by atoms with van der Waals surface area (Å²) in [5.74, 6) is 0.629. The zero-order valence-corrected chi connectivity index (χ0v) is 11.8. The van der Waals surface area contributed by atoms with Crippen LogP contribution in [0.5, 0.6) is 0 Å². The second kappa shape index (κ2) is 5.98. The van der Waals surface area contributed by atoms with Crippen molar-refractivity contribution in [3.8, 4) is 0 Å². The molecule has 0 aliphatic carbocycles. The highest BCUT2D eigenvalue weighted by molar-refractivity contribution is 7.12. The van der Waals surface area contributed by atoms with E-state index in [-0.39, 0.29) is 0 Å². The van der Waals surface area contributed by atoms with Crippen LogP contribution < -0.4 is 5.32 Å². The Kier molecular flexibility index (Phi) is 4.60. The van der Waals surface area contributed by atoms with Gasteiger partial charge in [-0.05, 0) is 31.9 Å². The highest BCUT2D eigenvalue weighted by Gasteiger charge is 2.28. The third-order valence-electron chi connectivity index (χ3n) is 3.27. The fourth-order valence-corrected chi connectivity index (χ4v) is 3.38. The van der Waals surface area contributed by atoms with Gasteiger partial charge in [-0.3, -0.25) is 0 Å². The standard InChI is InChI=1S/C14H23NOS/c1-10(2)15-9-12-5-4-8-16-14(12)13-7-6-11(3)17-13/h6-7,10,12,14-15H,4-5,8-9H2,1-3H3. The first-order valence-electron chi connectivity index (χ1n) is 6.58. The summed E-state index contributed by atoms with van der Waals surface area (Å²) in [5.41, 5.74) is 0. The largest absolute Gasteiger partial charge is 0.372 e. The molecule has 0 spiro atoms.